The van der Waals surface area contributed by atoms with Gasteiger partial charge < -0.3 is 14.6 Å². The molecule has 31 heavy (non-hydrogen) atoms. The molecular formula is C25H27N5O. The Labute approximate surface area is 182 Å². The van der Waals surface area contributed by atoms with Crippen molar-refractivity contribution in [2.24, 2.45) is 0 Å². The Kier molecular flexibility index (Phi) is 5.52. The maximum atomic E-state index is 5.31. The number of rotatable bonds is 6. The molecule has 2 aromatic carbocycles. The lowest BCUT2D eigenvalue weighted by molar-refractivity contribution is 0.358. The van der Waals surface area contributed by atoms with Crippen LogP contribution in [-0.4, -0.2) is 26.6 Å². The van der Waals surface area contributed by atoms with E-state index in [-0.39, 0.29) is 0 Å². The van der Waals surface area contributed by atoms with Crippen molar-refractivity contribution in [1.29, 1.82) is 0 Å². The lowest BCUT2D eigenvalue weighted by Gasteiger charge is -2.23. The van der Waals surface area contributed by atoms with E-state index in [0.717, 1.165) is 28.3 Å². The molecule has 1 aliphatic carbocycles. The molecule has 0 aliphatic heterocycles. The lowest BCUT2D eigenvalue weighted by atomic mass is 9.95. The van der Waals surface area contributed by atoms with Crippen LogP contribution in [0, 0.1) is 0 Å². The zero-order valence-electron chi connectivity index (χ0n) is 17.8. The number of anilines is 1. The van der Waals surface area contributed by atoms with Crippen molar-refractivity contribution in [1.82, 2.24) is 19.5 Å². The number of hydrogen-bond acceptors (Lipinski definition) is 5. The summed E-state index contributed by atoms with van der Waals surface area (Å²) in [7, 11) is 1.67. The van der Waals surface area contributed by atoms with Crippen LogP contribution in [0.3, 0.4) is 0 Å². The minimum Gasteiger partial charge on any atom is -0.497 e. The molecule has 0 saturated heterocycles. The molecule has 0 spiro atoms. The fourth-order valence-electron chi connectivity index (χ4n) is 4.32. The summed E-state index contributed by atoms with van der Waals surface area (Å²) in [6.07, 6.45) is 8.15. The molecule has 1 fully saturated rings. The third-order valence-corrected chi connectivity index (χ3v) is 6.04. The molecule has 0 unspecified atom stereocenters. The second kappa shape index (κ2) is 8.76. The predicted octanol–water partition coefficient (Wildman–Crippen LogP) is 5.62. The molecule has 0 bridgehead atoms. The fraction of sp³-hybridized carbons (Fsp3) is 0.320. The Morgan fingerprint density at radius 1 is 0.968 bits per heavy atom. The van der Waals surface area contributed by atoms with Crippen LogP contribution < -0.4 is 10.1 Å². The van der Waals surface area contributed by atoms with E-state index in [1.807, 2.05) is 48.8 Å². The van der Waals surface area contributed by atoms with Crippen LogP contribution in [-0.2, 0) is 6.54 Å². The van der Waals surface area contributed by atoms with Gasteiger partial charge in [0.25, 0.3) is 0 Å². The summed E-state index contributed by atoms with van der Waals surface area (Å²) in [6, 6.07) is 18.7. The number of ether oxygens (including phenoxy) is 1. The van der Waals surface area contributed by atoms with E-state index in [2.05, 4.69) is 22.0 Å². The number of imidazole rings is 1. The van der Waals surface area contributed by atoms with E-state index in [9.17, 15) is 0 Å². The van der Waals surface area contributed by atoms with Crippen molar-refractivity contribution >= 4 is 17.0 Å². The predicted molar refractivity (Wildman–Crippen MR) is 123 cm³/mol. The smallest absolute Gasteiger partial charge is 0.166 e. The van der Waals surface area contributed by atoms with Gasteiger partial charge in [-0.05, 0) is 42.7 Å². The van der Waals surface area contributed by atoms with Crippen LogP contribution in [0.1, 0.15) is 43.7 Å². The molecule has 1 aliphatic rings. The highest BCUT2D eigenvalue weighted by molar-refractivity contribution is 5.85. The van der Waals surface area contributed by atoms with Crippen LogP contribution in [0.15, 0.2) is 60.9 Å². The molecule has 6 nitrogen and oxygen atoms in total. The van der Waals surface area contributed by atoms with E-state index in [0.29, 0.717) is 18.4 Å². The molecule has 2 aromatic heterocycles. The average molecular weight is 414 g/mol. The van der Waals surface area contributed by atoms with Gasteiger partial charge in [-0.2, -0.15) is 0 Å². The first kappa shape index (κ1) is 19.5. The molecule has 0 atom stereocenters. The average Bonchev–Trinajstić information content (AvgIpc) is 3.28. The minimum atomic E-state index is 0.458. The summed E-state index contributed by atoms with van der Waals surface area (Å²) < 4.78 is 7.57. The summed E-state index contributed by atoms with van der Waals surface area (Å²) in [4.78, 5) is 14.5. The first-order valence-electron chi connectivity index (χ1n) is 11.0. The number of methoxy groups -OCH3 is 1. The standard InChI is InChI=1S/C25H27N5O/c1-31-21-14-12-19(13-15-21)23-28-24(26-16-18-8-4-2-5-9-18)22-25(29-23)30(17-27-22)20-10-6-3-7-11-20/h2,4-5,8-9,12-15,17,20H,3,6-7,10-11,16H2,1H3,(H,26,28,29). The Bertz CT molecular complexity index is 1150. The van der Waals surface area contributed by atoms with Gasteiger partial charge in [0.05, 0.1) is 13.4 Å². The van der Waals surface area contributed by atoms with Crippen molar-refractivity contribution in [3.8, 4) is 17.1 Å². The van der Waals surface area contributed by atoms with Crippen molar-refractivity contribution in [2.75, 3.05) is 12.4 Å². The van der Waals surface area contributed by atoms with Gasteiger partial charge in [0.15, 0.2) is 17.3 Å². The minimum absolute atomic E-state index is 0.458. The van der Waals surface area contributed by atoms with Crippen LogP contribution in [0.5, 0.6) is 5.75 Å². The lowest BCUT2D eigenvalue weighted by Crippen LogP contribution is -2.13. The molecule has 1 saturated carbocycles. The van der Waals surface area contributed by atoms with Crippen LogP contribution in [0.25, 0.3) is 22.6 Å². The third-order valence-electron chi connectivity index (χ3n) is 6.04. The first-order valence-corrected chi connectivity index (χ1v) is 11.0. The second-order valence-corrected chi connectivity index (χ2v) is 8.08. The van der Waals surface area contributed by atoms with E-state index in [4.69, 9.17) is 19.7 Å². The van der Waals surface area contributed by atoms with Crippen LogP contribution in [0.4, 0.5) is 5.82 Å². The molecule has 0 amide bonds. The molecule has 4 aromatic rings. The molecule has 2 heterocycles. The second-order valence-electron chi connectivity index (χ2n) is 8.08. The Morgan fingerprint density at radius 2 is 1.74 bits per heavy atom. The number of nitrogens with one attached hydrogen (secondary N) is 1. The first-order chi connectivity index (χ1) is 15.3. The number of aromatic nitrogens is 4. The van der Waals surface area contributed by atoms with Crippen LogP contribution in [0.2, 0.25) is 0 Å². The zero-order valence-corrected chi connectivity index (χ0v) is 17.8. The number of hydrogen-bond donors (Lipinski definition) is 1. The summed E-state index contributed by atoms with van der Waals surface area (Å²) in [5.74, 6) is 2.29. The highest BCUT2D eigenvalue weighted by atomic mass is 16.5. The van der Waals surface area contributed by atoms with Crippen molar-refractivity contribution in [3.05, 3.63) is 66.5 Å². The molecular weight excluding hydrogens is 386 g/mol. The van der Waals surface area contributed by atoms with Gasteiger partial charge in [-0.1, -0.05) is 49.6 Å². The molecule has 6 heteroatoms. The van der Waals surface area contributed by atoms with E-state index in [1.165, 1.54) is 37.7 Å². The normalized spacial score (nSPS) is 14.6. The quantitative estimate of drug-likeness (QED) is 0.444. The third kappa shape index (κ3) is 4.10. The van der Waals surface area contributed by atoms with Gasteiger partial charge in [-0.15, -0.1) is 0 Å². The van der Waals surface area contributed by atoms with E-state index < -0.39 is 0 Å². The molecule has 1 N–H and O–H groups in total. The SMILES string of the molecule is COc1ccc(-c2nc(NCc3ccccc3)c3ncn(C4CCCCC4)c3n2)cc1. The van der Waals surface area contributed by atoms with Crippen molar-refractivity contribution in [2.45, 2.75) is 44.7 Å². The summed E-state index contributed by atoms with van der Waals surface area (Å²) in [5.41, 5.74) is 3.90. The molecule has 5 rings (SSSR count). The van der Waals surface area contributed by atoms with E-state index in [1.54, 1.807) is 7.11 Å². The van der Waals surface area contributed by atoms with Gasteiger partial charge in [0, 0.05) is 18.2 Å². The van der Waals surface area contributed by atoms with Gasteiger partial charge in [0.2, 0.25) is 0 Å². The van der Waals surface area contributed by atoms with Crippen molar-refractivity contribution in [3.63, 3.8) is 0 Å². The Hall–Kier alpha value is -3.41. The fourth-order valence-corrected chi connectivity index (χ4v) is 4.32. The van der Waals surface area contributed by atoms with Crippen LogP contribution >= 0.6 is 0 Å². The van der Waals surface area contributed by atoms with Gasteiger partial charge in [0.1, 0.15) is 11.3 Å². The van der Waals surface area contributed by atoms with Crippen molar-refractivity contribution < 1.29 is 4.74 Å². The van der Waals surface area contributed by atoms with Gasteiger partial charge in [-0.3, -0.25) is 0 Å². The summed E-state index contributed by atoms with van der Waals surface area (Å²) in [5, 5.41) is 3.50. The highest BCUT2D eigenvalue weighted by Gasteiger charge is 2.21. The molecule has 158 valence electrons. The maximum Gasteiger partial charge on any atom is 0.166 e. The maximum absolute atomic E-state index is 5.31. The summed E-state index contributed by atoms with van der Waals surface area (Å²) in [6.45, 7) is 0.686. The van der Waals surface area contributed by atoms with Gasteiger partial charge in [-0.25, -0.2) is 15.0 Å². The zero-order chi connectivity index (χ0) is 21.0. The monoisotopic (exact) mass is 413 g/mol. The Balaban J connectivity index is 1.56. The Morgan fingerprint density at radius 3 is 2.48 bits per heavy atom. The van der Waals surface area contributed by atoms with Gasteiger partial charge >= 0.3 is 0 Å². The largest absolute Gasteiger partial charge is 0.497 e. The topological polar surface area (TPSA) is 64.9 Å². The van der Waals surface area contributed by atoms with E-state index >= 15 is 0 Å². The number of fused-ring (bicyclic) bond motifs is 1. The summed E-state index contributed by atoms with van der Waals surface area (Å²) >= 11 is 0. The number of nitrogens with zero attached hydrogens (tertiary/aromatic N) is 4. The highest BCUT2D eigenvalue weighted by Crippen LogP contribution is 2.33. The molecule has 0 radical (unpaired) electrons. The number of benzene rings is 2.